The predicted molar refractivity (Wildman–Crippen MR) is 122 cm³/mol. The van der Waals surface area contributed by atoms with Crippen LogP contribution in [-0.2, 0) is 11.3 Å². The summed E-state index contributed by atoms with van der Waals surface area (Å²) in [5.41, 5.74) is 2.81. The maximum atomic E-state index is 13.2. The van der Waals surface area contributed by atoms with Gasteiger partial charge in [0.25, 0.3) is 5.91 Å². The summed E-state index contributed by atoms with van der Waals surface area (Å²) in [5, 5.41) is 0.927. The molecule has 3 rings (SSSR count). The average Bonchev–Trinajstić information content (AvgIpc) is 2.95. The molecule has 0 aliphatic carbocycles. The molecule has 0 unspecified atom stereocenters. The number of carbonyl (C=O) groups is 2. The molecule has 30 heavy (non-hydrogen) atoms. The molecule has 0 fully saturated rings. The normalized spacial score (nSPS) is 13.2. The van der Waals surface area contributed by atoms with Gasteiger partial charge in [0.2, 0.25) is 5.91 Å². The van der Waals surface area contributed by atoms with Gasteiger partial charge in [-0.25, -0.2) is 0 Å². The van der Waals surface area contributed by atoms with Crippen LogP contribution in [-0.4, -0.2) is 60.2 Å². The molecule has 2 aromatic carbocycles. The largest absolute Gasteiger partial charge is 0.337 e. The molecule has 0 spiro atoms. The number of carbonyl (C=O) groups excluding carboxylic acids is 2. The summed E-state index contributed by atoms with van der Waals surface area (Å²) in [6.07, 6.45) is 0.815. The van der Waals surface area contributed by atoms with Crippen LogP contribution in [0.5, 0.6) is 0 Å². The standard InChI is InChI=1S/C23H25Cl2N3O2/c1-16-18-7-4-5-8-19(18)23(30)28(16)15-22(29)27(12-6-11-26(2)3)14-17-9-10-20(24)21(25)13-17/h4-5,7-10,13H,1,6,11-12,14-15H2,2-3H3. The Bertz CT molecular complexity index is 940. The van der Waals surface area contributed by atoms with Crippen LogP contribution in [0.2, 0.25) is 10.0 Å². The highest BCUT2D eigenvalue weighted by Gasteiger charge is 2.33. The molecule has 0 saturated carbocycles. The van der Waals surface area contributed by atoms with E-state index in [0.29, 0.717) is 34.4 Å². The minimum absolute atomic E-state index is 0.0460. The summed E-state index contributed by atoms with van der Waals surface area (Å²) in [6.45, 7) is 5.79. The third kappa shape index (κ3) is 5.04. The van der Waals surface area contributed by atoms with Gasteiger partial charge < -0.3 is 9.80 Å². The van der Waals surface area contributed by atoms with Crippen molar-refractivity contribution in [3.63, 3.8) is 0 Å². The van der Waals surface area contributed by atoms with Crippen molar-refractivity contribution in [1.82, 2.24) is 14.7 Å². The molecule has 7 heteroatoms. The van der Waals surface area contributed by atoms with Gasteiger partial charge in [0, 0.05) is 29.9 Å². The summed E-state index contributed by atoms with van der Waals surface area (Å²) in [6, 6.07) is 12.6. The van der Waals surface area contributed by atoms with Crippen molar-refractivity contribution >= 4 is 40.7 Å². The molecule has 1 aliphatic rings. The summed E-state index contributed by atoms with van der Waals surface area (Å²) in [4.78, 5) is 31.2. The number of benzene rings is 2. The van der Waals surface area contributed by atoms with Gasteiger partial charge in [0.05, 0.1) is 10.0 Å². The highest BCUT2D eigenvalue weighted by Crippen LogP contribution is 2.31. The zero-order valence-corrected chi connectivity index (χ0v) is 18.7. The van der Waals surface area contributed by atoms with Crippen molar-refractivity contribution in [2.75, 3.05) is 33.7 Å². The maximum Gasteiger partial charge on any atom is 0.259 e. The Morgan fingerprint density at radius 3 is 2.37 bits per heavy atom. The molecule has 1 aliphatic heterocycles. The van der Waals surface area contributed by atoms with Gasteiger partial charge >= 0.3 is 0 Å². The van der Waals surface area contributed by atoms with Crippen LogP contribution in [0.4, 0.5) is 0 Å². The minimum Gasteiger partial charge on any atom is -0.337 e. The zero-order valence-electron chi connectivity index (χ0n) is 17.2. The van der Waals surface area contributed by atoms with E-state index in [1.807, 2.05) is 38.4 Å². The van der Waals surface area contributed by atoms with Crippen molar-refractivity contribution in [1.29, 1.82) is 0 Å². The lowest BCUT2D eigenvalue weighted by Crippen LogP contribution is -2.40. The van der Waals surface area contributed by atoms with Crippen LogP contribution in [0.15, 0.2) is 49.0 Å². The van der Waals surface area contributed by atoms with Crippen LogP contribution in [0, 0.1) is 0 Å². The van der Waals surface area contributed by atoms with Crippen LogP contribution in [0.25, 0.3) is 5.70 Å². The fourth-order valence-corrected chi connectivity index (χ4v) is 3.79. The van der Waals surface area contributed by atoms with Crippen LogP contribution < -0.4 is 0 Å². The van der Waals surface area contributed by atoms with E-state index in [9.17, 15) is 9.59 Å². The molecular weight excluding hydrogens is 421 g/mol. The molecule has 1 heterocycles. The zero-order chi connectivity index (χ0) is 21.8. The first kappa shape index (κ1) is 22.3. The summed E-state index contributed by atoms with van der Waals surface area (Å²) < 4.78 is 0. The molecule has 2 amide bonds. The Morgan fingerprint density at radius 1 is 1.03 bits per heavy atom. The first-order chi connectivity index (χ1) is 14.3. The van der Waals surface area contributed by atoms with E-state index in [4.69, 9.17) is 23.2 Å². The quantitative estimate of drug-likeness (QED) is 0.604. The lowest BCUT2D eigenvalue weighted by Gasteiger charge is -2.27. The second-order valence-corrected chi connectivity index (χ2v) is 8.42. The molecule has 0 N–H and O–H groups in total. The molecule has 0 saturated heterocycles. The fraction of sp³-hybridized carbons (Fsp3) is 0.304. The Morgan fingerprint density at radius 2 is 1.73 bits per heavy atom. The van der Waals surface area contributed by atoms with E-state index in [-0.39, 0.29) is 18.4 Å². The Labute approximate surface area is 187 Å². The SMILES string of the molecule is C=C1c2ccccc2C(=O)N1CC(=O)N(CCCN(C)C)Cc1ccc(Cl)c(Cl)c1. The second kappa shape index (κ2) is 9.65. The van der Waals surface area contributed by atoms with Gasteiger partial charge in [-0.15, -0.1) is 0 Å². The third-order valence-corrected chi connectivity index (χ3v) is 5.82. The Hall–Kier alpha value is -2.34. The van der Waals surface area contributed by atoms with E-state index in [0.717, 1.165) is 24.1 Å². The van der Waals surface area contributed by atoms with E-state index < -0.39 is 0 Å². The number of halogens is 2. The van der Waals surface area contributed by atoms with Crippen molar-refractivity contribution in [3.8, 4) is 0 Å². The molecule has 2 aromatic rings. The van der Waals surface area contributed by atoms with Crippen molar-refractivity contribution in [2.45, 2.75) is 13.0 Å². The first-order valence-corrected chi connectivity index (χ1v) is 10.5. The van der Waals surface area contributed by atoms with Crippen LogP contribution in [0.3, 0.4) is 0 Å². The van der Waals surface area contributed by atoms with Crippen LogP contribution in [0.1, 0.15) is 27.9 Å². The molecule has 0 bridgehead atoms. The molecule has 5 nitrogen and oxygen atoms in total. The molecule has 158 valence electrons. The third-order valence-electron chi connectivity index (χ3n) is 5.08. The number of hydrogen-bond acceptors (Lipinski definition) is 3. The van der Waals surface area contributed by atoms with Crippen LogP contribution >= 0.6 is 23.2 Å². The Kier molecular flexibility index (Phi) is 7.19. The summed E-state index contributed by atoms with van der Waals surface area (Å²) in [7, 11) is 3.99. The molecule has 0 aromatic heterocycles. The van der Waals surface area contributed by atoms with Gasteiger partial charge in [-0.2, -0.15) is 0 Å². The van der Waals surface area contributed by atoms with E-state index in [1.54, 1.807) is 23.1 Å². The van der Waals surface area contributed by atoms with Gasteiger partial charge in [0.1, 0.15) is 6.54 Å². The smallest absolute Gasteiger partial charge is 0.259 e. The van der Waals surface area contributed by atoms with E-state index >= 15 is 0 Å². The van der Waals surface area contributed by atoms with Gasteiger partial charge in [-0.1, -0.05) is 54.0 Å². The van der Waals surface area contributed by atoms with E-state index in [1.165, 1.54) is 4.90 Å². The van der Waals surface area contributed by atoms with Gasteiger partial charge in [-0.3, -0.25) is 14.5 Å². The minimum atomic E-state index is -0.188. The van der Waals surface area contributed by atoms with Gasteiger partial charge in [0.15, 0.2) is 0 Å². The molecule has 0 radical (unpaired) electrons. The molecule has 0 atom stereocenters. The number of hydrogen-bond donors (Lipinski definition) is 0. The van der Waals surface area contributed by atoms with Gasteiger partial charge in [-0.05, 0) is 50.8 Å². The first-order valence-electron chi connectivity index (χ1n) is 9.74. The fourth-order valence-electron chi connectivity index (χ4n) is 3.47. The maximum absolute atomic E-state index is 13.2. The number of amides is 2. The monoisotopic (exact) mass is 445 g/mol. The highest BCUT2D eigenvalue weighted by molar-refractivity contribution is 6.42. The summed E-state index contributed by atoms with van der Waals surface area (Å²) in [5.74, 6) is -0.325. The Balaban J connectivity index is 1.75. The average molecular weight is 446 g/mol. The second-order valence-electron chi connectivity index (χ2n) is 7.60. The number of fused-ring (bicyclic) bond motifs is 1. The number of rotatable bonds is 8. The van der Waals surface area contributed by atoms with Crippen molar-refractivity contribution in [3.05, 3.63) is 75.8 Å². The lowest BCUT2D eigenvalue weighted by atomic mass is 10.1. The van der Waals surface area contributed by atoms with E-state index in [2.05, 4.69) is 11.5 Å². The van der Waals surface area contributed by atoms with Crippen molar-refractivity contribution < 1.29 is 9.59 Å². The number of nitrogens with zero attached hydrogens (tertiary/aromatic N) is 3. The predicted octanol–water partition coefficient (Wildman–Crippen LogP) is 4.40. The topological polar surface area (TPSA) is 43.9 Å². The lowest BCUT2D eigenvalue weighted by molar-refractivity contribution is -0.132. The molecular formula is C23H25Cl2N3O2. The highest BCUT2D eigenvalue weighted by atomic mass is 35.5. The van der Waals surface area contributed by atoms with Crippen molar-refractivity contribution in [2.24, 2.45) is 0 Å². The summed E-state index contributed by atoms with van der Waals surface area (Å²) >= 11 is 12.2.